The van der Waals surface area contributed by atoms with Crippen LogP contribution in [0.15, 0.2) is 10.5 Å². The Morgan fingerprint density at radius 1 is 1.45 bits per heavy atom. The number of nitrogens with zero attached hydrogens (tertiary/aromatic N) is 1. The van der Waals surface area contributed by atoms with Gasteiger partial charge in [0.25, 0.3) is 0 Å². The molecule has 2 rings (SSSR count). The van der Waals surface area contributed by atoms with Gasteiger partial charge in [0.2, 0.25) is 0 Å². The Balaban J connectivity index is 1.98. The Bertz CT molecular complexity index is 460. The molecule has 0 amide bonds. The van der Waals surface area contributed by atoms with Crippen LogP contribution >= 0.6 is 0 Å². The SMILES string of the molecule is COC(=O)c1cc(CNN2C(C)CCCC2C)oc1C. The van der Waals surface area contributed by atoms with Crippen molar-refractivity contribution in [3.05, 3.63) is 23.2 Å². The molecule has 2 atom stereocenters. The fourth-order valence-electron chi connectivity index (χ4n) is 2.85. The molecule has 1 aromatic heterocycles. The third kappa shape index (κ3) is 3.22. The van der Waals surface area contributed by atoms with Crippen LogP contribution < -0.4 is 5.43 Å². The highest BCUT2D eigenvalue weighted by Gasteiger charge is 2.24. The summed E-state index contributed by atoms with van der Waals surface area (Å²) in [5.41, 5.74) is 3.93. The number of hydrazine groups is 1. The number of ether oxygens (including phenoxy) is 1. The average Bonchev–Trinajstić information content (AvgIpc) is 2.78. The summed E-state index contributed by atoms with van der Waals surface area (Å²) >= 11 is 0. The molecule has 1 N–H and O–H groups in total. The lowest BCUT2D eigenvalue weighted by Gasteiger charge is -2.38. The molecule has 0 spiro atoms. The van der Waals surface area contributed by atoms with Gasteiger partial charge >= 0.3 is 5.97 Å². The molecule has 1 aliphatic heterocycles. The van der Waals surface area contributed by atoms with Gasteiger partial charge in [-0.15, -0.1) is 0 Å². The molecule has 0 radical (unpaired) electrons. The van der Waals surface area contributed by atoms with Gasteiger partial charge in [-0.3, -0.25) is 0 Å². The summed E-state index contributed by atoms with van der Waals surface area (Å²) in [6.07, 6.45) is 3.71. The minimum absolute atomic E-state index is 0.350. The van der Waals surface area contributed by atoms with Gasteiger partial charge in [-0.2, -0.15) is 0 Å². The Morgan fingerprint density at radius 2 is 2.10 bits per heavy atom. The quantitative estimate of drug-likeness (QED) is 0.859. The fourth-order valence-corrected chi connectivity index (χ4v) is 2.85. The summed E-state index contributed by atoms with van der Waals surface area (Å²) in [7, 11) is 1.38. The first-order valence-electron chi connectivity index (χ1n) is 7.22. The molecular weight excluding hydrogens is 256 g/mol. The topological polar surface area (TPSA) is 54.7 Å². The van der Waals surface area contributed by atoms with Crippen LogP contribution in [0.3, 0.4) is 0 Å². The molecule has 0 bridgehead atoms. The molecule has 1 fully saturated rings. The predicted molar refractivity (Wildman–Crippen MR) is 76.2 cm³/mol. The smallest absolute Gasteiger partial charge is 0.341 e. The van der Waals surface area contributed by atoms with Gasteiger partial charge in [0.05, 0.1) is 13.7 Å². The van der Waals surface area contributed by atoms with E-state index in [1.807, 2.05) is 0 Å². The highest BCUT2D eigenvalue weighted by atomic mass is 16.5. The van der Waals surface area contributed by atoms with Crippen LogP contribution in [0.5, 0.6) is 0 Å². The molecule has 0 aliphatic carbocycles. The molecule has 1 aromatic rings. The molecule has 2 unspecified atom stereocenters. The summed E-state index contributed by atoms with van der Waals surface area (Å²) < 4.78 is 10.3. The first kappa shape index (κ1) is 15.1. The first-order valence-corrected chi connectivity index (χ1v) is 7.22. The molecule has 1 saturated heterocycles. The molecule has 5 heteroatoms. The maximum absolute atomic E-state index is 11.5. The van der Waals surface area contributed by atoms with Crippen molar-refractivity contribution in [1.82, 2.24) is 10.4 Å². The van der Waals surface area contributed by atoms with E-state index in [2.05, 4.69) is 24.3 Å². The molecule has 0 aromatic carbocycles. The normalized spacial score (nSPS) is 23.8. The second-order valence-electron chi connectivity index (χ2n) is 5.55. The molecule has 5 nitrogen and oxygen atoms in total. The van der Waals surface area contributed by atoms with Gasteiger partial charge in [0.15, 0.2) is 0 Å². The van der Waals surface area contributed by atoms with Crippen molar-refractivity contribution < 1.29 is 13.9 Å². The van der Waals surface area contributed by atoms with Crippen molar-refractivity contribution in [2.45, 2.75) is 58.7 Å². The van der Waals surface area contributed by atoms with Gasteiger partial charge in [0, 0.05) is 12.1 Å². The number of hydrogen-bond acceptors (Lipinski definition) is 5. The maximum Gasteiger partial charge on any atom is 0.341 e. The van der Waals surface area contributed by atoms with Crippen LogP contribution in [0.25, 0.3) is 0 Å². The minimum atomic E-state index is -0.350. The summed E-state index contributed by atoms with van der Waals surface area (Å²) in [5.74, 6) is 1.01. The largest absolute Gasteiger partial charge is 0.465 e. The number of hydrogen-bond donors (Lipinski definition) is 1. The van der Waals surface area contributed by atoms with Crippen molar-refractivity contribution >= 4 is 5.97 Å². The molecule has 0 saturated carbocycles. The first-order chi connectivity index (χ1) is 9.52. The number of piperidine rings is 1. The van der Waals surface area contributed by atoms with E-state index in [0.717, 1.165) is 5.76 Å². The summed E-state index contributed by atoms with van der Waals surface area (Å²) in [4.78, 5) is 11.5. The number of furan rings is 1. The Hall–Kier alpha value is -1.33. The molecule has 112 valence electrons. The van der Waals surface area contributed by atoms with Crippen LogP contribution in [-0.4, -0.2) is 30.2 Å². The Labute approximate surface area is 120 Å². The van der Waals surface area contributed by atoms with E-state index < -0.39 is 0 Å². The standard InChI is InChI=1S/C15H24N2O3/c1-10-6-5-7-11(2)17(10)16-9-13-8-14(12(3)20-13)15(18)19-4/h8,10-11,16H,5-7,9H2,1-4H3. The number of carbonyl (C=O) groups excluding carboxylic acids is 1. The van der Waals surface area contributed by atoms with Crippen LogP contribution in [0, 0.1) is 6.92 Å². The number of aryl methyl sites for hydroxylation is 1. The molecule has 1 aliphatic rings. The van der Waals surface area contributed by atoms with Crippen LogP contribution in [-0.2, 0) is 11.3 Å². The lowest BCUT2D eigenvalue weighted by atomic mass is 10.00. The van der Waals surface area contributed by atoms with E-state index in [-0.39, 0.29) is 5.97 Å². The maximum atomic E-state index is 11.5. The van der Waals surface area contributed by atoms with Gasteiger partial charge in [0.1, 0.15) is 17.1 Å². The van der Waals surface area contributed by atoms with Gasteiger partial charge < -0.3 is 9.15 Å². The van der Waals surface area contributed by atoms with E-state index in [4.69, 9.17) is 9.15 Å². The highest BCUT2D eigenvalue weighted by Crippen LogP contribution is 2.21. The van der Waals surface area contributed by atoms with Gasteiger partial charge in [-0.1, -0.05) is 6.42 Å². The second kappa shape index (κ2) is 6.41. The fraction of sp³-hybridized carbons (Fsp3) is 0.667. The average molecular weight is 280 g/mol. The number of nitrogens with one attached hydrogen (secondary N) is 1. The van der Waals surface area contributed by atoms with Crippen molar-refractivity contribution in [1.29, 1.82) is 0 Å². The summed E-state index contributed by atoms with van der Waals surface area (Å²) in [5, 5.41) is 2.29. The second-order valence-corrected chi connectivity index (χ2v) is 5.55. The molecule has 2 heterocycles. The van der Waals surface area contributed by atoms with Crippen LogP contribution in [0.4, 0.5) is 0 Å². The van der Waals surface area contributed by atoms with Crippen LogP contribution in [0.2, 0.25) is 0 Å². The van der Waals surface area contributed by atoms with E-state index >= 15 is 0 Å². The van der Waals surface area contributed by atoms with E-state index in [9.17, 15) is 4.79 Å². The minimum Gasteiger partial charge on any atom is -0.465 e. The van der Waals surface area contributed by atoms with Gasteiger partial charge in [-0.05, 0) is 39.7 Å². The van der Waals surface area contributed by atoms with Crippen molar-refractivity contribution in [3.8, 4) is 0 Å². The Kier molecular flexibility index (Phi) is 4.83. The van der Waals surface area contributed by atoms with E-state index in [0.29, 0.717) is 30.0 Å². The third-order valence-electron chi connectivity index (χ3n) is 4.00. The lowest BCUT2D eigenvalue weighted by molar-refractivity contribution is 0.0411. The number of rotatable bonds is 4. The van der Waals surface area contributed by atoms with Crippen molar-refractivity contribution in [2.24, 2.45) is 0 Å². The zero-order chi connectivity index (χ0) is 14.7. The zero-order valence-electron chi connectivity index (χ0n) is 12.7. The van der Waals surface area contributed by atoms with Crippen molar-refractivity contribution in [3.63, 3.8) is 0 Å². The van der Waals surface area contributed by atoms with Crippen LogP contribution in [0.1, 0.15) is 55.0 Å². The van der Waals surface area contributed by atoms with Crippen molar-refractivity contribution in [2.75, 3.05) is 7.11 Å². The zero-order valence-corrected chi connectivity index (χ0v) is 12.7. The summed E-state index contributed by atoms with van der Waals surface area (Å²) in [6, 6.07) is 2.80. The molecular formula is C15H24N2O3. The number of esters is 1. The highest BCUT2D eigenvalue weighted by molar-refractivity contribution is 5.90. The van der Waals surface area contributed by atoms with E-state index in [1.54, 1.807) is 13.0 Å². The molecule has 20 heavy (non-hydrogen) atoms. The third-order valence-corrected chi connectivity index (χ3v) is 4.00. The predicted octanol–water partition coefficient (Wildman–Crippen LogP) is 2.64. The Morgan fingerprint density at radius 3 is 2.70 bits per heavy atom. The van der Waals surface area contributed by atoms with Gasteiger partial charge in [-0.25, -0.2) is 15.2 Å². The number of methoxy groups -OCH3 is 1. The number of carbonyl (C=O) groups is 1. The summed E-state index contributed by atoms with van der Waals surface area (Å²) in [6.45, 7) is 6.83. The van der Waals surface area contributed by atoms with E-state index in [1.165, 1.54) is 26.4 Å². The lowest BCUT2D eigenvalue weighted by Crippen LogP contribution is -2.51. The monoisotopic (exact) mass is 280 g/mol.